The second-order valence-corrected chi connectivity index (χ2v) is 20.0. The highest BCUT2D eigenvalue weighted by Gasteiger charge is 2.71. The van der Waals surface area contributed by atoms with Gasteiger partial charge in [0.15, 0.2) is 25.0 Å². The number of ether oxygens (including phenoxy) is 9. The fraction of sp³-hybridized carbons (Fsp3) is 0.889. The molecule has 8 aliphatic rings. The van der Waals surface area contributed by atoms with Gasteiger partial charge in [-0.15, -0.1) is 0 Å². The highest BCUT2D eigenvalue weighted by molar-refractivity contribution is 5.85. The average Bonchev–Trinajstić information content (AvgIpc) is 3.73. The highest BCUT2D eigenvalue weighted by Crippen LogP contribution is 2.70. The van der Waals surface area contributed by atoms with Gasteiger partial charge in [-0.2, -0.15) is 0 Å². The lowest BCUT2D eigenvalue weighted by atomic mass is 9.42. The van der Waals surface area contributed by atoms with Gasteiger partial charge in [-0.05, 0) is 107 Å². The van der Waals surface area contributed by atoms with Crippen molar-refractivity contribution in [3.8, 4) is 0 Å². The molecule has 21 unspecified atom stereocenters. The predicted molar refractivity (Wildman–Crippen MR) is 212 cm³/mol. The van der Waals surface area contributed by atoms with E-state index in [1.807, 2.05) is 13.8 Å². The van der Waals surface area contributed by atoms with Crippen LogP contribution < -0.4 is 0 Å². The molecule has 0 aromatic rings. The summed E-state index contributed by atoms with van der Waals surface area (Å²) in [6.45, 7) is 12.4. The average molecular weight is 865 g/mol. The third-order valence-electron chi connectivity index (χ3n) is 16.5. The number of fused-ring (bicyclic) bond motifs is 5. The van der Waals surface area contributed by atoms with Gasteiger partial charge in [0.25, 0.3) is 0 Å². The molecule has 61 heavy (non-hydrogen) atoms. The monoisotopic (exact) mass is 864 g/mol. The lowest BCUT2D eigenvalue weighted by molar-refractivity contribution is -0.336. The van der Waals surface area contributed by atoms with Crippen LogP contribution in [0.15, 0.2) is 11.6 Å². The Balaban J connectivity index is 0.824. The Hall–Kier alpha value is -2.25. The quantitative estimate of drug-likeness (QED) is 0.149. The Morgan fingerprint density at radius 2 is 1.30 bits per heavy atom. The van der Waals surface area contributed by atoms with Crippen molar-refractivity contribution in [3.63, 3.8) is 0 Å². The minimum Gasteiger partial charge on any atom is -0.458 e. The molecule has 16 heteroatoms. The van der Waals surface area contributed by atoms with Crippen molar-refractivity contribution in [2.75, 3.05) is 6.61 Å². The minimum atomic E-state index is -1.03. The third kappa shape index (κ3) is 8.33. The van der Waals surface area contributed by atoms with Crippen molar-refractivity contribution in [1.29, 1.82) is 0 Å². The first-order valence-electron chi connectivity index (χ1n) is 22.7. The van der Waals surface area contributed by atoms with Crippen molar-refractivity contribution >= 4 is 17.9 Å². The summed E-state index contributed by atoms with van der Waals surface area (Å²) in [5, 5.41) is 47.1. The lowest BCUT2D eigenvalue weighted by Crippen LogP contribution is -2.67. The number of hydrogen-bond donors (Lipinski definition) is 4. The number of aliphatic hydroxyl groups is 4. The van der Waals surface area contributed by atoms with E-state index in [2.05, 4.69) is 6.92 Å². The fourth-order valence-corrected chi connectivity index (χ4v) is 13.4. The van der Waals surface area contributed by atoms with Gasteiger partial charge < -0.3 is 63.1 Å². The number of cyclic esters (lactones) is 1. The summed E-state index contributed by atoms with van der Waals surface area (Å²) < 4.78 is 53.5. The molecule has 4 saturated carbocycles. The summed E-state index contributed by atoms with van der Waals surface area (Å²) in [6, 6.07) is 0. The molecule has 8 rings (SSSR count). The van der Waals surface area contributed by atoms with Crippen LogP contribution in [0.5, 0.6) is 0 Å². The summed E-state index contributed by atoms with van der Waals surface area (Å²) >= 11 is 0. The van der Waals surface area contributed by atoms with E-state index in [1.165, 1.54) is 13.8 Å². The van der Waals surface area contributed by atoms with Crippen LogP contribution in [0, 0.1) is 34.5 Å². The van der Waals surface area contributed by atoms with Crippen LogP contribution in [-0.2, 0) is 57.0 Å². The predicted octanol–water partition coefficient (Wildman–Crippen LogP) is 3.36. The molecule has 0 aromatic carbocycles. The molecular weight excluding hydrogens is 796 g/mol. The maximum Gasteiger partial charge on any atom is 0.331 e. The molecular formula is C45H68O16. The third-order valence-corrected chi connectivity index (χ3v) is 16.5. The molecule has 0 aromatic heterocycles. The standard InChI is InChI=1S/C45H68O16/c1-21-40(60-38-18-33(49)41(22(2)55-38)61-39-19-34(57-24(4)46)42(23(3)56-39)58-25(5)47)32(48)17-37(54-21)59-28-10-12-43(6)27(15-28)8-9-30-31(43)16-35(50)44(7)29(11-13-45(30,44)52)26-14-36(51)53-20-26/h14,21-23,27-35,37-42,48-50,52H,8-13,15-20H2,1-7H3. The van der Waals surface area contributed by atoms with Gasteiger partial charge in [0, 0.05) is 44.6 Å². The second kappa shape index (κ2) is 17.3. The molecule has 4 N–H and O–H groups in total. The Kier molecular flexibility index (Phi) is 12.8. The van der Waals surface area contributed by atoms with Gasteiger partial charge >= 0.3 is 17.9 Å². The number of aliphatic hydroxyl groups excluding tert-OH is 3. The van der Waals surface area contributed by atoms with Crippen LogP contribution in [0.4, 0.5) is 0 Å². The Labute approximate surface area is 358 Å². The number of hydrogen-bond acceptors (Lipinski definition) is 16. The molecule has 0 spiro atoms. The van der Waals surface area contributed by atoms with Gasteiger partial charge in [-0.1, -0.05) is 13.8 Å². The summed E-state index contributed by atoms with van der Waals surface area (Å²) in [7, 11) is 0. The lowest BCUT2D eigenvalue weighted by Gasteiger charge is -2.65. The van der Waals surface area contributed by atoms with Gasteiger partial charge in [0.05, 0.1) is 48.3 Å². The van der Waals surface area contributed by atoms with Crippen LogP contribution in [0.25, 0.3) is 0 Å². The van der Waals surface area contributed by atoms with E-state index in [0.717, 1.165) is 44.1 Å². The zero-order chi connectivity index (χ0) is 43.8. The molecule has 0 bridgehead atoms. The van der Waals surface area contributed by atoms with Gasteiger partial charge in [0.1, 0.15) is 24.9 Å². The maximum atomic E-state index is 12.6. The first kappa shape index (κ1) is 45.3. The second-order valence-electron chi connectivity index (χ2n) is 20.0. The van der Waals surface area contributed by atoms with Crippen LogP contribution in [0.2, 0.25) is 0 Å². The molecule has 344 valence electrons. The topological polar surface area (TPSA) is 215 Å². The highest BCUT2D eigenvalue weighted by atomic mass is 16.7. The summed E-state index contributed by atoms with van der Waals surface area (Å²) in [6.07, 6.45) is -1.78. The van der Waals surface area contributed by atoms with Gasteiger partial charge in [-0.3, -0.25) is 9.59 Å². The van der Waals surface area contributed by atoms with E-state index < -0.39 is 103 Å². The number of carbonyl (C=O) groups is 3. The van der Waals surface area contributed by atoms with Crippen LogP contribution in [-0.4, -0.2) is 137 Å². The minimum absolute atomic E-state index is 0.0585. The summed E-state index contributed by atoms with van der Waals surface area (Å²) in [5.74, 6) is -0.919. The first-order valence-corrected chi connectivity index (χ1v) is 22.7. The molecule has 3 saturated heterocycles. The fourth-order valence-electron chi connectivity index (χ4n) is 13.4. The number of carbonyl (C=O) groups excluding carboxylic acids is 3. The van der Waals surface area contributed by atoms with Crippen molar-refractivity contribution in [1.82, 2.24) is 0 Å². The molecule has 7 fully saturated rings. The van der Waals surface area contributed by atoms with E-state index in [1.54, 1.807) is 19.9 Å². The normalized spacial score (nSPS) is 51.0. The Morgan fingerprint density at radius 3 is 1.87 bits per heavy atom. The number of esters is 3. The van der Waals surface area contributed by atoms with E-state index in [0.29, 0.717) is 18.8 Å². The van der Waals surface area contributed by atoms with Crippen LogP contribution >= 0.6 is 0 Å². The summed E-state index contributed by atoms with van der Waals surface area (Å²) in [4.78, 5) is 35.5. The molecule has 4 heterocycles. The molecule has 0 radical (unpaired) electrons. The zero-order valence-electron chi connectivity index (χ0n) is 36.6. The molecule has 21 atom stereocenters. The first-order chi connectivity index (χ1) is 28.8. The smallest absolute Gasteiger partial charge is 0.331 e. The molecule has 16 nitrogen and oxygen atoms in total. The van der Waals surface area contributed by atoms with Gasteiger partial charge in [0.2, 0.25) is 0 Å². The van der Waals surface area contributed by atoms with Crippen molar-refractivity contribution < 1.29 is 77.4 Å². The maximum absolute atomic E-state index is 12.6. The zero-order valence-corrected chi connectivity index (χ0v) is 36.6. The molecule has 4 aliphatic heterocycles. The van der Waals surface area contributed by atoms with E-state index in [9.17, 15) is 34.8 Å². The summed E-state index contributed by atoms with van der Waals surface area (Å²) in [5.41, 5.74) is -0.942. The number of rotatable bonds is 9. The van der Waals surface area contributed by atoms with E-state index in [-0.39, 0.29) is 61.1 Å². The van der Waals surface area contributed by atoms with Crippen molar-refractivity contribution in [2.24, 2.45) is 34.5 Å². The largest absolute Gasteiger partial charge is 0.458 e. The van der Waals surface area contributed by atoms with Crippen molar-refractivity contribution in [2.45, 2.75) is 211 Å². The van der Waals surface area contributed by atoms with Crippen molar-refractivity contribution in [3.05, 3.63) is 11.6 Å². The Morgan fingerprint density at radius 1 is 0.705 bits per heavy atom. The van der Waals surface area contributed by atoms with Crippen LogP contribution in [0.3, 0.4) is 0 Å². The Bertz CT molecular complexity index is 1650. The SMILES string of the molecule is CC(=O)OC1CC(OC2C(O)CC(OC3C(O)CC(OC4CCC5(C)C(CCC6C5CC(O)C5(C)C(C7=CC(=O)OC7)CCC65O)C4)OC3C)OC2C)OC(C)C1OC(C)=O. The van der Waals surface area contributed by atoms with E-state index >= 15 is 0 Å². The van der Waals surface area contributed by atoms with Crippen LogP contribution in [0.1, 0.15) is 119 Å². The van der Waals surface area contributed by atoms with Gasteiger partial charge in [-0.25, -0.2) is 4.79 Å². The molecule has 4 aliphatic carbocycles. The van der Waals surface area contributed by atoms with E-state index in [4.69, 9.17) is 42.6 Å². The molecule has 0 amide bonds.